The van der Waals surface area contributed by atoms with Gasteiger partial charge in [0.2, 0.25) is 0 Å². The van der Waals surface area contributed by atoms with Gasteiger partial charge in [-0.25, -0.2) is 4.39 Å². The number of rotatable bonds is 4. The minimum Gasteiger partial charge on any atom is -0.307 e. The summed E-state index contributed by atoms with van der Waals surface area (Å²) in [6.07, 6.45) is 4.90. The molecule has 2 unspecified atom stereocenters. The van der Waals surface area contributed by atoms with Crippen molar-refractivity contribution in [3.63, 3.8) is 0 Å². The van der Waals surface area contributed by atoms with Gasteiger partial charge in [0.05, 0.1) is 0 Å². The van der Waals surface area contributed by atoms with E-state index in [0.717, 1.165) is 6.42 Å². The van der Waals surface area contributed by atoms with Gasteiger partial charge < -0.3 is 5.32 Å². The molecule has 18 heavy (non-hydrogen) atoms. The Morgan fingerprint density at radius 1 is 1.33 bits per heavy atom. The van der Waals surface area contributed by atoms with Crippen LogP contribution in [0.5, 0.6) is 0 Å². The summed E-state index contributed by atoms with van der Waals surface area (Å²) < 4.78 is 13.0. The smallest absolute Gasteiger partial charge is 0.123 e. The third-order valence-electron chi connectivity index (χ3n) is 4.34. The van der Waals surface area contributed by atoms with Crippen LogP contribution in [-0.4, -0.2) is 6.04 Å². The van der Waals surface area contributed by atoms with E-state index in [1.165, 1.54) is 24.8 Å². The summed E-state index contributed by atoms with van der Waals surface area (Å²) in [6.45, 7) is 6.87. The summed E-state index contributed by atoms with van der Waals surface area (Å²) in [4.78, 5) is 0. The fraction of sp³-hybridized carbons (Fsp3) is 0.625. The highest BCUT2D eigenvalue weighted by Crippen LogP contribution is 2.38. The lowest BCUT2D eigenvalue weighted by atomic mass is 9.86. The van der Waals surface area contributed by atoms with Gasteiger partial charge in [0, 0.05) is 12.1 Å². The highest BCUT2D eigenvalue weighted by Gasteiger charge is 2.35. The fourth-order valence-electron chi connectivity index (χ4n) is 3.02. The van der Waals surface area contributed by atoms with Gasteiger partial charge in [0.15, 0.2) is 0 Å². The highest BCUT2D eigenvalue weighted by atomic mass is 19.1. The highest BCUT2D eigenvalue weighted by molar-refractivity contribution is 5.20. The van der Waals surface area contributed by atoms with Gasteiger partial charge in [-0.15, -0.1) is 0 Å². The number of halogens is 1. The molecule has 1 N–H and O–H groups in total. The Bertz CT molecular complexity index is 383. The second-order valence-corrected chi connectivity index (χ2v) is 6.11. The second-order valence-electron chi connectivity index (χ2n) is 6.11. The maximum atomic E-state index is 13.0. The molecule has 0 amide bonds. The molecule has 0 saturated heterocycles. The first-order valence-corrected chi connectivity index (χ1v) is 7.04. The van der Waals surface area contributed by atoms with Crippen molar-refractivity contribution in [1.29, 1.82) is 0 Å². The maximum absolute atomic E-state index is 13.0. The molecule has 2 atom stereocenters. The SMILES string of the molecule is CCC(NC1CCCC1(C)C)c1ccc(F)cc1. The Morgan fingerprint density at radius 3 is 2.50 bits per heavy atom. The first kappa shape index (κ1) is 13.5. The number of benzene rings is 1. The standard InChI is InChI=1S/C16H24FN/c1-4-14(12-7-9-13(17)10-8-12)18-15-6-5-11-16(15,2)3/h7-10,14-15,18H,4-6,11H2,1-3H3. The van der Waals surface area contributed by atoms with Crippen LogP contribution in [0.2, 0.25) is 0 Å². The van der Waals surface area contributed by atoms with Crippen molar-refractivity contribution in [2.75, 3.05) is 0 Å². The van der Waals surface area contributed by atoms with Crippen LogP contribution in [-0.2, 0) is 0 Å². The van der Waals surface area contributed by atoms with Crippen LogP contribution in [0.3, 0.4) is 0 Å². The Morgan fingerprint density at radius 2 is 2.00 bits per heavy atom. The Kier molecular flexibility index (Phi) is 4.06. The van der Waals surface area contributed by atoms with Gasteiger partial charge in [0.25, 0.3) is 0 Å². The summed E-state index contributed by atoms with van der Waals surface area (Å²) in [6, 6.07) is 7.83. The third-order valence-corrected chi connectivity index (χ3v) is 4.34. The summed E-state index contributed by atoms with van der Waals surface area (Å²) in [5.74, 6) is -0.158. The molecule has 0 spiro atoms. The van der Waals surface area contributed by atoms with Crippen LogP contribution < -0.4 is 5.32 Å². The van der Waals surface area contributed by atoms with E-state index < -0.39 is 0 Å². The Hall–Kier alpha value is -0.890. The molecule has 1 saturated carbocycles. The average molecular weight is 249 g/mol. The molecule has 0 aliphatic heterocycles. The maximum Gasteiger partial charge on any atom is 0.123 e. The summed E-state index contributed by atoms with van der Waals surface area (Å²) >= 11 is 0. The van der Waals surface area contributed by atoms with E-state index >= 15 is 0 Å². The van der Waals surface area contributed by atoms with E-state index in [0.29, 0.717) is 17.5 Å². The van der Waals surface area contributed by atoms with Crippen LogP contribution in [0.4, 0.5) is 4.39 Å². The first-order chi connectivity index (χ1) is 8.53. The van der Waals surface area contributed by atoms with E-state index in [-0.39, 0.29) is 5.82 Å². The van der Waals surface area contributed by atoms with Crippen molar-refractivity contribution in [3.05, 3.63) is 35.6 Å². The lowest BCUT2D eigenvalue weighted by molar-refractivity contribution is 0.259. The molecule has 1 aromatic rings. The molecule has 0 heterocycles. The number of nitrogens with one attached hydrogen (secondary N) is 1. The van der Waals surface area contributed by atoms with Crippen molar-refractivity contribution in [2.24, 2.45) is 5.41 Å². The fourth-order valence-corrected chi connectivity index (χ4v) is 3.02. The van der Waals surface area contributed by atoms with Gasteiger partial charge >= 0.3 is 0 Å². The average Bonchev–Trinajstić information content (AvgIpc) is 2.67. The molecule has 0 bridgehead atoms. The normalized spacial score (nSPS) is 24.1. The molecule has 2 rings (SSSR count). The zero-order valence-electron chi connectivity index (χ0n) is 11.7. The lowest BCUT2D eigenvalue weighted by Gasteiger charge is -2.32. The zero-order chi connectivity index (χ0) is 13.2. The van der Waals surface area contributed by atoms with E-state index in [9.17, 15) is 4.39 Å². The molecular weight excluding hydrogens is 225 g/mol. The minimum atomic E-state index is -0.158. The van der Waals surface area contributed by atoms with Crippen molar-refractivity contribution < 1.29 is 4.39 Å². The van der Waals surface area contributed by atoms with Gasteiger partial charge in [-0.3, -0.25) is 0 Å². The topological polar surface area (TPSA) is 12.0 Å². The molecule has 1 aromatic carbocycles. The lowest BCUT2D eigenvalue weighted by Crippen LogP contribution is -2.39. The molecule has 0 aromatic heterocycles. The monoisotopic (exact) mass is 249 g/mol. The van der Waals surface area contributed by atoms with Gasteiger partial charge in [0.1, 0.15) is 5.82 Å². The molecule has 0 radical (unpaired) electrons. The summed E-state index contributed by atoms with van der Waals surface area (Å²) in [5, 5.41) is 3.77. The number of hydrogen-bond acceptors (Lipinski definition) is 1. The first-order valence-electron chi connectivity index (χ1n) is 7.04. The molecule has 2 heteroatoms. The molecular formula is C16H24FN. The van der Waals surface area contributed by atoms with Crippen molar-refractivity contribution in [3.8, 4) is 0 Å². The van der Waals surface area contributed by atoms with E-state index in [1.54, 1.807) is 12.1 Å². The van der Waals surface area contributed by atoms with Crippen molar-refractivity contribution in [1.82, 2.24) is 5.32 Å². The van der Waals surface area contributed by atoms with E-state index in [1.807, 2.05) is 12.1 Å². The second kappa shape index (κ2) is 5.40. The zero-order valence-corrected chi connectivity index (χ0v) is 11.7. The number of hydrogen-bond donors (Lipinski definition) is 1. The van der Waals surface area contributed by atoms with Crippen LogP contribution in [0.25, 0.3) is 0 Å². The summed E-state index contributed by atoms with van der Waals surface area (Å²) in [7, 11) is 0. The Balaban J connectivity index is 2.08. The summed E-state index contributed by atoms with van der Waals surface area (Å²) in [5.41, 5.74) is 1.58. The van der Waals surface area contributed by atoms with Crippen molar-refractivity contribution >= 4 is 0 Å². The minimum absolute atomic E-state index is 0.158. The molecule has 1 aliphatic rings. The predicted octanol–water partition coefficient (Wildman–Crippen LogP) is 4.45. The molecule has 1 fully saturated rings. The van der Waals surface area contributed by atoms with Crippen LogP contribution >= 0.6 is 0 Å². The quantitative estimate of drug-likeness (QED) is 0.831. The molecule has 1 nitrogen and oxygen atoms in total. The van der Waals surface area contributed by atoms with E-state index in [4.69, 9.17) is 0 Å². The third kappa shape index (κ3) is 2.92. The van der Waals surface area contributed by atoms with Crippen LogP contribution in [0.15, 0.2) is 24.3 Å². The molecule has 1 aliphatic carbocycles. The van der Waals surface area contributed by atoms with Crippen LogP contribution in [0.1, 0.15) is 58.1 Å². The van der Waals surface area contributed by atoms with Gasteiger partial charge in [-0.2, -0.15) is 0 Å². The van der Waals surface area contributed by atoms with Gasteiger partial charge in [-0.05, 0) is 42.4 Å². The van der Waals surface area contributed by atoms with E-state index in [2.05, 4.69) is 26.1 Å². The largest absolute Gasteiger partial charge is 0.307 e. The van der Waals surface area contributed by atoms with Crippen LogP contribution in [0, 0.1) is 11.2 Å². The molecule has 100 valence electrons. The Labute approximate surface area is 110 Å². The van der Waals surface area contributed by atoms with Crippen molar-refractivity contribution in [2.45, 2.75) is 58.5 Å². The van der Waals surface area contributed by atoms with Gasteiger partial charge in [-0.1, -0.05) is 39.3 Å². The predicted molar refractivity (Wildman–Crippen MR) is 74.0 cm³/mol.